The molecule has 0 aromatic rings. The van der Waals surface area contributed by atoms with Crippen molar-refractivity contribution in [2.24, 2.45) is 22.9 Å². The molecule has 16 unspecified atom stereocenters. The summed E-state index contributed by atoms with van der Waals surface area (Å²) in [6.45, 7) is -0.768. The number of aliphatic hydroxyl groups excluding tert-OH is 8. The standard InChI is InChI=1S/C25H50N6O13/c26-10-2-1-9(6-30-3-4-32)41-24(10)43-21-11(27)5-12(31-23(40)18(37)15(28)13(35)7-33)22(20(21)39)44-25-19(38)16(29)17(36)14(8-34)42-25/h9-22,24-25,30,32-39H,1-8,26-29H2,(H,31,40). The average molecular weight is 643 g/mol. The van der Waals surface area contributed by atoms with Crippen LogP contribution >= 0.6 is 0 Å². The van der Waals surface area contributed by atoms with Crippen molar-refractivity contribution in [1.82, 2.24) is 10.6 Å². The van der Waals surface area contributed by atoms with Crippen LogP contribution in [0, 0.1) is 0 Å². The van der Waals surface area contributed by atoms with Crippen LogP contribution in [0.15, 0.2) is 0 Å². The van der Waals surface area contributed by atoms with Gasteiger partial charge in [0.05, 0.1) is 56.2 Å². The first kappa shape index (κ1) is 37.2. The Bertz CT molecular complexity index is 882. The zero-order valence-electron chi connectivity index (χ0n) is 24.3. The highest BCUT2D eigenvalue weighted by Crippen LogP contribution is 2.31. The molecule has 19 nitrogen and oxygen atoms in total. The number of hydrogen-bond acceptors (Lipinski definition) is 18. The van der Waals surface area contributed by atoms with E-state index in [0.717, 1.165) is 0 Å². The van der Waals surface area contributed by atoms with Gasteiger partial charge in [0.25, 0.3) is 5.91 Å². The Balaban J connectivity index is 1.82. The Morgan fingerprint density at radius 3 is 2.23 bits per heavy atom. The lowest BCUT2D eigenvalue weighted by Crippen LogP contribution is -2.69. The van der Waals surface area contributed by atoms with Crippen molar-refractivity contribution in [2.45, 2.75) is 117 Å². The van der Waals surface area contributed by atoms with Crippen LogP contribution in [0.5, 0.6) is 0 Å². The molecule has 16 atom stereocenters. The Morgan fingerprint density at radius 2 is 1.59 bits per heavy atom. The summed E-state index contributed by atoms with van der Waals surface area (Å²) in [4.78, 5) is 12.9. The molecule has 0 aromatic heterocycles. The number of aliphatic hydroxyl groups is 8. The minimum Gasteiger partial charge on any atom is -0.395 e. The molecule has 2 aliphatic heterocycles. The molecule has 18 N–H and O–H groups in total. The van der Waals surface area contributed by atoms with Crippen molar-refractivity contribution < 1.29 is 64.6 Å². The highest BCUT2D eigenvalue weighted by atomic mass is 16.7. The summed E-state index contributed by atoms with van der Waals surface area (Å²) in [5.41, 5.74) is 24.2. The molecular formula is C25H50N6O13. The van der Waals surface area contributed by atoms with Crippen LogP contribution < -0.4 is 33.6 Å². The second-order valence-corrected chi connectivity index (χ2v) is 11.6. The number of carbonyl (C=O) groups excluding carboxylic acids is 1. The zero-order chi connectivity index (χ0) is 32.7. The maximum absolute atomic E-state index is 12.9. The molecule has 3 rings (SSSR count). The second-order valence-electron chi connectivity index (χ2n) is 11.6. The number of ether oxygens (including phenoxy) is 4. The molecule has 258 valence electrons. The van der Waals surface area contributed by atoms with Crippen LogP contribution in [0.4, 0.5) is 0 Å². The lowest BCUT2D eigenvalue weighted by Gasteiger charge is -2.48. The molecule has 1 aliphatic carbocycles. The van der Waals surface area contributed by atoms with Gasteiger partial charge in [-0.1, -0.05) is 0 Å². The van der Waals surface area contributed by atoms with E-state index in [1.165, 1.54) is 0 Å². The SMILES string of the molecule is NC1CCC(CNCCO)OC1OC1C(N)CC(NC(=O)C(O)C(N)C(O)CO)C(OC2OC(CO)C(O)C(N)C2O)C1O. The quantitative estimate of drug-likeness (QED) is 0.0782. The van der Waals surface area contributed by atoms with E-state index in [4.69, 9.17) is 52.1 Å². The van der Waals surface area contributed by atoms with E-state index in [2.05, 4.69) is 10.6 Å². The third-order valence-corrected chi connectivity index (χ3v) is 8.29. The fourth-order valence-electron chi connectivity index (χ4n) is 5.55. The van der Waals surface area contributed by atoms with Crippen LogP contribution in [0.25, 0.3) is 0 Å². The Labute approximate surface area is 254 Å². The third-order valence-electron chi connectivity index (χ3n) is 8.29. The average Bonchev–Trinajstić information content (AvgIpc) is 3.01. The second kappa shape index (κ2) is 17.1. The highest BCUT2D eigenvalue weighted by Gasteiger charge is 2.51. The first-order valence-corrected chi connectivity index (χ1v) is 14.7. The molecule has 1 saturated carbocycles. The summed E-state index contributed by atoms with van der Waals surface area (Å²) in [5, 5.41) is 85.9. The molecule has 0 spiro atoms. The van der Waals surface area contributed by atoms with Gasteiger partial charge in [0.2, 0.25) is 0 Å². The van der Waals surface area contributed by atoms with E-state index in [1.807, 2.05) is 0 Å². The topological polar surface area (TPSA) is 344 Å². The summed E-state index contributed by atoms with van der Waals surface area (Å²) >= 11 is 0. The van der Waals surface area contributed by atoms with Gasteiger partial charge in [0, 0.05) is 19.1 Å². The van der Waals surface area contributed by atoms with Gasteiger partial charge in [0.15, 0.2) is 12.6 Å². The van der Waals surface area contributed by atoms with Gasteiger partial charge >= 0.3 is 0 Å². The largest absolute Gasteiger partial charge is 0.395 e. The normalized spacial score (nSPS) is 42.0. The van der Waals surface area contributed by atoms with Gasteiger partial charge < -0.3 is 93.4 Å². The van der Waals surface area contributed by atoms with Crippen molar-refractivity contribution in [3.63, 3.8) is 0 Å². The third kappa shape index (κ3) is 8.98. The molecule has 19 heteroatoms. The van der Waals surface area contributed by atoms with Crippen LogP contribution in [-0.2, 0) is 23.7 Å². The van der Waals surface area contributed by atoms with Crippen molar-refractivity contribution in [1.29, 1.82) is 0 Å². The fourth-order valence-corrected chi connectivity index (χ4v) is 5.55. The molecule has 0 radical (unpaired) electrons. The number of carbonyl (C=O) groups is 1. The Morgan fingerprint density at radius 1 is 0.909 bits per heavy atom. The Hall–Kier alpha value is -1.21. The number of nitrogens with two attached hydrogens (primary N) is 4. The summed E-state index contributed by atoms with van der Waals surface area (Å²) in [6.07, 6.45) is -14.1. The van der Waals surface area contributed by atoms with Crippen molar-refractivity contribution >= 4 is 5.91 Å². The maximum atomic E-state index is 12.9. The summed E-state index contributed by atoms with van der Waals surface area (Å²) < 4.78 is 23.5. The molecular weight excluding hydrogens is 592 g/mol. The summed E-state index contributed by atoms with van der Waals surface area (Å²) in [6, 6.07) is -5.57. The number of nitrogens with one attached hydrogen (secondary N) is 2. The monoisotopic (exact) mass is 642 g/mol. The number of hydrogen-bond donors (Lipinski definition) is 14. The minimum atomic E-state index is -1.98. The van der Waals surface area contributed by atoms with Crippen molar-refractivity contribution in [2.75, 3.05) is 32.9 Å². The van der Waals surface area contributed by atoms with Gasteiger partial charge in [-0.05, 0) is 19.3 Å². The summed E-state index contributed by atoms with van der Waals surface area (Å²) in [5.74, 6) is -1.08. The highest BCUT2D eigenvalue weighted by molar-refractivity contribution is 5.81. The van der Waals surface area contributed by atoms with Gasteiger partial charge in [-0.3, -0.25) is 4.79 Å². The van der Waals surface area contributed by atoms with E-state index in [1.54, 1.807) is 0 Å². The minimum absolute atomic E-state index is 0.0539. The van der Waals surface area contributed by atoms with Crippen molar-refractivity contribution in [3.8, 4) is 0 Å². The van der Waals surface area contributed by atoms with E-state index in [-0.39, 0.29) is 19.1 Å². The zero-order valence-corrected chi connectivity index (χ0v) is 24.3. The van der Waals surface area contributed by atoms with E-state index >= 15 is 0 Å². The van der Waals surface area contributed by atoms with Gasteiger partial charge in [-0.15, -0.1) is 0 Å². The molecule has 2 heterocycles. The van der Waals surface area contributed by atoms with Crippen LogP contribution in [0.1, 0.15) is 19.3 Å². The molecule has 2 saturated heterocycles. The van der Waals surface area contributed by atoms with Gasteiger partial charge in [-0.25, -0.2) is 0 Å². The first-order chi connectivity index (χ1) is 20.8. The van der Waals surface area contributed by atoms with Crippen LogP contribution in [-0.4, -0.2) is 177 Å². The first-order valence-electron chi connectivity index (χ1n) is 14.7. The van der Waals surface area contributed by atoms with E-state index in [9.17, 15) is 35.4 Å². The molecule has 0 bridgehead atoms. The lowest BCUT2D eigenvalue weighted by atomic mass is 9.83. The molecule has 0 aromatic carbocycles. The van der Waals surface area contributed by atoms with Gasteiger partial charge in [-0.2, -0.15) is 0 Å². The Kier molecular flexibility index (Phi) is 14.5. The fraction of sp³-hybridized carbons (Fsp3) is 0.960. The summed E-state index contributed by atoms with van der Waals surface area (Å²) in [7, 11) is 0. The van der Waals surface area contributed by atoms with Crippen LogP contribution in [0.3, 0.4) is 0 Å². The van der Waals surface area contributed by atoms with Crippen LogP contribution in [0.2, 0.25) is 0 Å². The molecule has 1 amide bonds. The molecule has 44 heavy (non-hydrogen) atoms. The van der Waals surface area contributed by atoms with Crippen molar-refractivity contribution in [3.05, 3.63) is 0 Å². The smallest absolute Gasteiger partial charge is 0.250 e. The number of rotatable bonds is 14. The van der Waals surface area contributed by atoms with E-state index < -0.39 is 111 Å². The molecule has 3 aliphatic rings. The number of amides is 1. The maximum Gasteiger partial charge on any atom is 0.250 e. The lowest BCUT2D eigenvalue weighted by molar-refractivity contribution is -0.314. The predicted molar refractivity (Wildman–Crippen MR) is 149 cm³/mol. The predicted octanol–water partition coefficient (Wildman–Crippen LogP) is -8.44. The van der Waals surface area contributed by atoms with Gasteiger partial charge in [0.1, 0.15) is 42.7 Å². The molecule has 3 fully saturated rings. The van der Waals surface area contributed by atoms with E-state index in [0.29, 0.717) is 25.9 Å².